The second kappa shape index (κ2) is 6.36. The molecule has 1 saturated carbocycles. The highest BCUT2D eigenvalue weighted by Gasteiger charge is 2.16. The first-order valence-corrected chi connectivity index (χ1v) is 6.83. The molecule has 0 aliphatic heterocycles. The van der Waals surface area contributed by atoms with Crippen LogP contribution in [-0.2, 0) is 0 Å². The molecule has 0 unspecified atom stereocenters. The van der Waals surface area contributed by atoms with Gasteiger partial charge >= 0.3 is 6.03 Å². The second-order valence-electron chi connectivity index (χ2n) is 5.13. The van der Waals surface area contributed by atoms with E-state index in [2.05, 4.69) is 22.5 Å². The van der Waals surface area contributed by atoms with Gasteiger partial charge < -0.3 is 5.32 Å². The zero-order valence-electron chi connectivity index (χ0n) is 11.6. The van der Waals surface area contributed by atoms with E-state index in [1.54, 1.807) is 6.07 Å². The Hall–Kier alpha value is -1.84. The molecule has 19 heavy (non-hydrogen) atoms. The third-order valence-corrected chi connectivity index (χ3v) is 3.56. The number of hydrogen-bond acceptors (Lipinski definition) is 2. The Bertz CT molecular complexity index is 476. The van der Waals surface area contributed by atoms with E-state index >= 15 is 0 Å². The van der Waals surface area contributed by atoms with Gasteiger partial charge in [-0.3, -0.25) is 5.32 Å². The summed E-state index contributed by atoms with van der Waals surface area (Å²) in [6.45, 7) is 3.98. The first kappa shape index (κ1) is 13.6. The number of aryl methyl sites for hydroxylation is 1. The summed E-state index contributed by atoms with van der Waals surface area (Å²) in [7, 11) is 0. The van der Waals surface area contributed by atoms with E-state index < -0.39 is 0 Å². The first-order valence-electron chi connectivity index (χ1n) is 6.83. The van der Waals surface area contributed by atoms with Crippen molar-refractivity contribution < 1.29 is 4.79 Å². The van der Waals surface area contributed by atoms with Gasteiger partial charge in [-0.25, -0.2) is 9.78 Å². The number of rotatable bonds is 3. The molecule has 1 aromatic rings. The van der Waals surface area contributed by atoms with Crippen LogP contribution in [0.1, 0.15) is 38.3 Å². The fourth-order valence-electron chi connectivity index (χ4n) is 2.44. The van der Waals surface area contributed by atoms with Gasteiger partial charge in [-0.1, -0.05) is 24.5 Å². The number of carbonyl (C=O) groups excluding carboxylic acids is 1. The fourth-order valence-corrected chi connectivity index (χ4v) is 2.44. The van der Waals surface area contributed by atoms with E-state index in [1.807, 2.05) is 25.3 Å². The van der Waals surface area contributed by atoms with Crippen LogP contribution in [0.15, 0.2) is 30.0 Å². The van der Waals surface area contributed by atoms with Crippen molar-refractivity contribution in [1.29, 1.82) is 0 Å². The minimum absolute atomic E-state index is 0.240. The molecule has 2 amide bonds. The zero-order chi connectivity index (χ0) is 13.7. The van der Waals surface area contributed by atoms with E-state index in [0.717, 1.165) is 5.69 Å². The highest BCUT2D eigenvalue weighted by atomic mass is 16.2. The van der Waals surface area contributed by atoms with Crippen LogP contribution in [0.2, 0.25) is 0 Å². The lowest BCUT2D eigenvalue weighted by molar-refractivity contribution is 0.255. The molecule has 4 heteroatoms. The van der Waals surface area contributed by atoms with Crippen molar-refractivity contribution in [2.75, 3.05) is 5.32 Å². The second-order valence-corrected chi connectivity index (χ2v) is 5.13. The average molecular weight is 259 g/mol. The van der Waals surface area contributed by atoms with Gasteiger partial charge in [0.15, 0.2) is 0 Å². The van der Waals surface area contributed by atoms with Crippen molar-refractivity contribution in [3.05, 3.63) is 35.7 Å². The molecule has 2 rings (SSSR count). The number of carbonyl (C=O) groups is 1. The summed E-state index contributed by atoms with van der Waals surface area (Å²) in [4.78, 5) is 16.0. The van der Waals surface area contributed by atoms with Gasteiger partial charge in [0.1, 0.15) is 5.82 Å². The summed E-state index contributed by atoms with van der Waals surface area (Å²) >= 11 is 0. The van der Waals surface area contributed by atoms with Crippen LogP contribution in [0.3, 0.4) is 0 Å². The van der Waals surface area contributed by atoms with Gasteiger partial charge in [0.05, 0.1) is 0 Å². The molecule has 0 bridgehead atoms. The van der Waals surface area contributed by atoms with Gasteiger partial charge in [-0.15, -0.1) is 0 Å². The summed E-state index contributed by atoms with van der Waals surface area (Å²) in [5, 5.41) is 5.50. The van der Waals surface area contributed by atoms with Crippen molar-refractivity contribution in [1.82, 2.24) is 10.3 Å². The molecule has 1 aromatic heterocycles. The monoisotopic (exact) mass is 259 g/mol. The molecule has 1 aliphatic rings. The number of nitrogens with one attached hydrogen (secondary N) is 2. The standard InChI is InChI=1S/C15H21N3O/c1-11(13-7-3-4-8-13)10-16-15(19)18-14-9-5-6-12(2)17-14/h5-6,9-10,13H,3-4,7-8H2,1-2H3,(H2,16,17,18,19)/b11-10+. The van der Waals surface area contributed by atoms with Crippen LogP contribution in [0, 0.1) is 12.8 Å². The maximum atomic E-state index is 11.7. The summed E-state index contributed by atoms with van der Waals surface area (Å²) in [6, 6.07) is 5.31. The average Bonchev–Trinajstić information content (AvgIpc) is 2.90. The van der Waals surface area contributed by atoms with Gasteiger partial charge in [-0.05, 0) is 44.7 Å². The maximum absolute atomic E-state index is 11.7. The molecule has 0 spiro atoms. The number of aromatic nitrogens is 1. The van der Waals surface area contributed by atoms with Gasteiger partial charge in [-0.2, -0.15) is 0 Å². The third kappa shape index (κ3) is 4.09. The Morgan fingerprint density at radius 3 is 2.79 bits per heavy atom. The van der Waals surface area contributed by atoms with Gasteiger partial charge in [0.2, 0.25) is 0 Å². The van der Waals surface area contributed by atoms with Crippen molar-refractivity contribution in [2.45, 2.75) is 39.5 Å². The quantitative estimate of drug-likeness (QED) is 0.871. The molecule has 4 nitrogen and oxygen atoms in total. The number of nitrogens with zero attached hydrogens (tertiary/aromatic N) is 1. The summed E-state index contributed by atoms with van der Waals surface area (Å²) in [5.74, 6) is 1.21. The minimum atomic E-state index is -0.240. The Balaban J connectivity index is 1.85. The van der Waals surface area contributed by atoms with Crippen LogP contribution in [0.25, 0.3) is 0 Å². The maximum Gasteiger partial charge on any atom is 0.324 e. The molecule has 2 N–H and O–H groups in total. The third-order valence-electron chi connectivity index (χ3n) is 3.56. The molecule has 0 aromatic carbocycles. The van der Waals surface area contributed by atoms with Crippen LogP contribution in [0.5, 0.6) is 0 Å². The number of amides is 2. The zero-order valence-corrected chi connectivity index (χ0v) is 11.6. The van der Waals surface area contributed by atoms with E-state index in [9.17, 15) is 4.79 Å². The van der Waals surface area contributed by atoms with Gasteiger partial charge in [0, 0.05) is 11.9 Å². The molecule has 0 atom stereocenters. The van der Waals surface area contributed by atoms with Crippen molar-refractivity contribution in [2.24, 2.45) is 5.92 Å². The molecule has 102 valence electrons. The summed E-state index contributed by atoms with van der Waals surface area (Å²) < 4.78 is 0. The highest BCUT2D eigenvalue weighted by Crippen LogP contribution is 2.30. The number of anilines is 1. The minimum Gasteiger partial charge on any atom is -0.314 e. The van der Waals surface area contributed by atoms with Crippen molar-refractivity contribution in [3.63, 3.8) is 0 Å². The number of allylic oxidation sites excluding steroid dienone is 1. The summed E-state index contributed by atoms with van der Waals surface area (Å²) in [6.07, 6.45) is 6.90. The topological polar surface area (TPSA) is 54.0 Å². The van der Waals surface area contributed by atoms with E-state index in [-0.39, 0.29) is 6.03 Å². The Kier molecular flexibility index (Phi) is 4.55. The molecule has 1 aliphatic carbocycles. The van der Waals surface area contributed by atoms with Gasteiger partial charge in [0.25, 0.3) is 0 Å². The lowest BCUT2D eigenvalue weighted by Gasteiger charge is -2.10. The lowest BCUT2D eigenvalue weighted by atomic mass is 10.0. The molecule has 1 heterocycles. The Labute approximate surface area is 114 Å². The first-order chi connectivity index (χ1) is 9.15. The van der Waals surface area contributed by atoms with Crippen LogP contribution in [-0.4, -0.2) is 11.0 Å². The number of hydrogen-bond donors (Lipinski definition) is 2. The van der Waals surface area contributed by atoms with Crippen molar-refractivity contribution in [3.8, 4) is 0 Å². The molecule has 0 saturated heterocycles. The smallest absolute Gasteiger partial charge is 0.314 e. The van der Waals surface area contributed by atoms with E-state index in [0.29, 0.717) is 11.7 Å². The number of urea groups is 1. The lowest BCUT2D eigenvalue weighted by Crippen LogP contribution is -2.25. The number of pyridine rings is 1. The fraction of sp³-hybridized carbons (Fsp3) is 0.467. The molecule has 1 fully saturated rings. The Morgan fingerprint density at radius 2 is 2.11 bits per heavy atom. The van der Waals surface area contributed by atoms with Crippen LogP contribution < -0.4 is 10.6 Å². The molecule has 0 radical (unpaired) electrons. The predicted molar refractivity (Wildman–Crippen MR) is 76.8 cm³/mol. The van der Waals surface area contributed by atoms with Crippen LogP contribution in [0.4, 0.5) is 10.6 Å². The normalized spacial score (nSPS) is 16.4. The summed E-state index contributed by atoms with van der Waals surface area (Å²) in [5.41, 5.74) is 2.14. The molecular formula is C15H21N3O. The Morgan fingerprint density at radius 1 is 1.37 bits per heavy atom. The highest BCUT2D eigenvalue weighted by molar-refractivity contribution is 5.88. The van der Waals surface area contributed by atoms with Crippen LogP contribution >= 0.6 is 0 Å². The van der Waals surface area contributed by atoms with E-state index in [4.69, 9.17) is 0 Å². The SMILES string of the molecule is C/C(=C\NC(=O)Nc1cccc(C)n1)C1CCCC1. The largest absolute Gasteiger partial charge is 0.324 e. The van der Waals surface area contributed by atoms with E-state index in [1.165, 1.54) is 31.3 Å². The predicted octanol–water partition coefficient (Wildman–Crippen LogP) is 3.61. The van der Waals surface area contributed by atoms with Crippen molar-refractivity contribution >= 4 is 11.8 Å². The molecular weight excluding hydrogens is 238 g/mol.